The lowest BCUT2D eigenvalue weighted by Crippen LogP contribution is -2.30. The first-order valence-electron chi connectivity index (χ1n) is 8.83. The van der Waals surface area contributed by atoms with E-state index < -0.39 is 0 Å². The molecule has 0 spiro atoms. The number of likely N-dealkylation sites (tertiary alicyclic amines) is 1. The Labute approximate surface area is 148 Å². The van der Waals surface area contributed by atoms with Gasteiger partial charge >= 0.3 is 0 Å². The van der Waals surface area contributed by atoms with Crippen molar-refractivity contribution in [1.82, 2.24) is 14.5 Å². The van der Waals surface area contributed by atoms with Crippen LogP contribution in [-0.4, -0.2) is 40.6 Å². The maximum atomic E-state index is 12.4. The van der Waals surface area contributed by atoms with E-state index in [9.17, 15) is 4.79 Å². The highest BCUT2D eigenvalue weighted by Crippen LogP contribution is 2.25. The predicted octanol–water partition coefficient (Wildman–Crippen LogP) is 3.61. The summed E-state index contributed by atoms with van der Waals surface area (Å²) in [5, 5.41) is 0. The lowest BCUT2D eigenvalue weighted by molar-refractivity contribution is -0.125. The van der Waals surface area contributed by atoms with Crippen LogP contribution in [0.1, 0.15) is 36.9 Å². The third-order valence-electron chi connectivity index (χ3n) is 4.53. The molecule has 25 heavy (non-hydrogen) atoms. The van der Waals surface area contributed by atoms with Crippen LogP contribution in [0.4, 0.5) is 0 Å². The molecule has 1 amide bonds. The average Bonchev–Trinajstić information content (AvgIpc) is 2.89. The van der Waals surface area contributed by atoms with Gasteiger partial charge in [0, 0.05) is 25.4 Å². The number of imidazole rings is 1. The normalized spacial score (nSPS) is 15.4. The maximum Gasteiger partial charge on any atom is 0.246 e. The molecule has 132 valence electrons. The fourth-order valence-corrected chi connectivity index (χ4v) is 3.13. The molecule has 2 heterocycles. The number of amides is 1. The highest BCUT2D eigenvalue weighted by atomic mass is 16.5. The standard InChI is InChI=1S/C20H25N3O2/c1-16-14-23(15-21-16)18-9-7-17(13-19(18)25-2)8-10-20(24)22-11-5-3-4-6-12-22/h7-10,13-15H,3-6,11-12H2,1-2H3. The lowest BCUT2D eigenvalue weighted by atomic mass is 10.1. The predicted molar refractivity (Wildman–Crippen MR) is 98.9 cm³/mol. The first-order valence-corrected chi connectivity index (χ1v) is 8.83. The second-order valence-corrected chi connectivity index (χ2v) is 6.43. The van der Waals surface area contributed by atoms with Gasteiger partial charge in [0.1, 0.15) is 5.75 Å². The number of carbonyl (C=O) groups excluding carboxylic acids is 1. The quantitative estimate of drug-likeness (QED) is 0.800. The van der Waals surface area contributed by atoms with Crippen molar-refractivity contribution in [3.05, 3.63) is 48.1 Å². The minimum absolute atomic E-state index is 0.0928. The Morgan fingerprint density at radius 1 is 1.20 bits per heavy atom. The van der Waals surface area contributed by atoms with Crippen molar-refractivity contribution < 1.29 is 9.53 Å². The molecule has 1 aliphatic rings. The van der Waals surface area contributed by atoms with Gasteiger partial charge in [-0.1, -0.05) is 18.9 Å². The van der Waals surface area contributed by atoms with E-state index >= 15 is 0 Å². The largest absolute Gasteiger partial charge is 0.495 e. The zero-order valence-corrected chi connectivity index (χ0v) is 14.9. The monoisotopic (exact) mass is 339 g/mol. The van der Waals surface area contributed by atoms with E-state index in [-0.39, 0.29) is 5.91 Å². The third-order valence-corrected chi connectivity index (χ3v) is 4.53. The molecule has 0 aliphatic carbocycles. The van der Waals surface area contributed by atoms with Crippen molar-refractivity contribution in [2.75, 3.05) is 20.2 Å². The Morgan fingerprint density at radius 2 is 1.96 bits per heavy atom. The van der Waals surface area contributed by atoms with Crippen LogP contribution in [0.25, 0.3) is 11.8 Å². The second kappa shape index (κ2) is 8.01. The van der Waals surface area contributed by atoms with Crippen LogP contribution < -0.4 is 4.74 Å². The molecule has 0 bridgehead atoms. The van der Waals surface area contributed by atoms with Gasteiger partial charge in [-0.15, -0.1) is 0 Å². The van der Waals surface area contributed by atoms with Gasteiger partial charge in [0.25, 0.3) is 0 Å². The molecule has 0 unspecified atom stereocenters. The Hall–Kier alpha value is -2.56. The Morgan fingerprint density at radius 3 is 2.60 bits per heavy atom. The highest BCUT2D eigenvalue weighted by molar-refractivity contribution is 5.91. The summed E-state index contributed by atoms with van der Waals surface area (Å²) in [6.45, 7) is 3.69. The fourth-order valence-electron chi connectivity index (χ4n) is 3.13. The van der Waals surface area contributed by atoms with Gasteiger partial charge in [0.15, 0.2) is 0 Å². The number of nitrogens with zero attached hydrogens (tertiary/aromatic N) is 3. The van der Waals surface area contributed by atoms with Crippen LogP contribution in [-0.2, 0) is 4.79 Å². The first-order chi connectivity index (χ1) is 12.2. The Bertz CT molecular complexity index is 756. The topological polar surface area (TPSA) is 47.4 Å². The zero-order valence-electron chi connectivity index (χ0n) is 14.9. The Kier molecular flexibility index (Phi) is 5.53. The molecule has 1 aliphatic heterocycles. The van der Waals surface area contributed by atoms with Gasteiger partial charge < -0.3 is 14.2 Å². The highest BCUT2D eigenvalue weighted by Gasteiger charge is 2.13. The number of carbonyl (C=O) groups is 1. The van der Waals surface area contributed by atoms with Gasteiger partial charge in [-0.25, -0.2) is 4.98 Å². The van der Waals surface area contributed by atoms with E-state index in [1.54, 1.807) is 19.5 Å². The number of ether oxygens (including phenoxy) is 1. The van der Waals surface area contributed by atoms with E-state index in [1.165, 1.54) is 12.8 Å². The van der Waals surface area contributed by atoms with Crippen molar-refractivity contribution in [1.29, 1.82) is 0 Å². The molecule has 1 aromatic heterocycles. The summed E-state index contributed by atoms with van der Waals surface area (Å²) in [7, 11) is 1.65. The molecular weight excluding hydrogens is 314 g/mol. The summed E-state index contributed by atoms with van der Waals surface area (Å²) < 4.78 is 7.45. The fraction of sp³-hybridized carbons (Fsp3) is 0.400. The maximum absolute atomic E-state index is 12.4. The van der Waals surface area contributed by atoms with E-state index in [0.29, 0.717) is 0 Å². The molecule has 0 N–H and O–H groups in total. The van der Waals surface area contributed by atoms with E-state index in [2.05, 4.69) is 4.98 Å². The molecule has 2 aromatic rings. The molecule has 5 nitrogen and oxygen atoms in total. The summed E-state index contributed by atoms with van der Waals surface area (Å²) in [5.41, 5.74) is 2.83. The van der Waals surface area contributed by atoms with E-state index in [0.717, 1.165) is 48.6 Å². The average molecular weight is 339 g/mol. The summed E-state index contributed by atoms with van der Waals surface area (Å²) in [4.78, 5) is 18.6. The number of methoxy groups -OCH3 is 1. The minimum atomic E-state index is 0.0928. The van der Waals surface area contributed by atoms with Gasteiger partial charge in [-0.3, -0.25) is 4.79 Å². The third kappa shape index (κ3) is 4.29. The number of aryl methyl sites for hydroxylation is 1. The van der Waals surface area contributed by atoms with E-state index in [4.69, 9.17) is 4.74 Å². The van der Waals surface area contributed by atoms with Crippen molar-refractivity contribution in [3.8, 4) is 11.4 Å². The number of rotatable bonds is 4. The molecule has 0 atom stereocenters. The summed E-state index contributed by atoms with van der Waals surface area (Å²) in [6, 6.07) is 5.91. The first kappa shape index (κ1) is 17.3. The summed E-state index contributed by atoms with van der Waals surface area (Å²) in [6.07, 6.45) is 11.9. The SMILES string of the molecule is COc1cc(C=CC(=O)N2CCCCCC2)ccc1-n1cnc(C)c1. The van der Waals surface area contributed by atoms with Crippen molar-refractivity contribution in [3.63, 3.8) is 0 Å². The Balaban J connectivity index is 1.75. The van der Waals surface area contributed by atoms with Gasteiger partial charge in [-0.2, -0.15) is 0 Å². The van der Waals surface area contributed by atoms with E-state index in [1.807, 2.05) is 46.9 Å². The number of hydrogen-bond donors (Lipinski definition) is 0. The number of aromatic nitrogens is 2. The zero-order chi connectivity index (χ0) is 17.6. The number of benzene rings is 1. The van der Waals surface area contributed by atoms with Crippen molar-refractivity contribution in [2.45, 2.75) is 32.6 Å². The van der Waals surface area contributed by atoms with Crippen LogP contribution in [0, 0.1) is 6.92 Å². The molecule has 0 saturated carbocycles. The molecule has 3 rings (SSSR count). The molecule has 5 heteroatoms. The number of hydrogen-bond acceptors (Lipinski definition) is 3. The minimum Gasteiger partial charge on any atom is -0.495 e. The lowest BCUT2D eigenvalue weighted by Gasteiger charge is -2.18. The summed E-state index contributed by atoms with van der Waals surface area (Å²) in [5.74, 6) is 0.844. The molecular formula is C20H25N3O2. The van der Waals surface area contributed by atoms with Crippen LogP contribution in [0.2, 0.25) is 0 Å². The second-order valence-electron chi connectivity index (χ2n) is 6.43. The molecule has 1 saturated heterocycles. The molecule has 1 aromatic carbocycles. The van der Waals surface area contributed by atoms with Crippen LogP contribution in [0.3, 0.4) is 0 Å². The van der Waals surface area contributed by atoms with Crippen LogP contribution in [0.15, 0.2) is 36.8 Å². The smallest absolute Gasteiger partial charge is 0.246 e. The van der Waals surface area contributed by atoms with Gasteiger partial charge in [0.2, 0.25) is 5.91 Å². The van der Waals surface area contributed by atoms with Crippen LogP contribution >= 0.6 is 0 Å². The van der Waals surface area contributed by atoms with Crippen molar-refractivity contribution in [2.24, 2.45) is 0 Å². The molecule has 1 fully saturated rings. The van der Waals surface area contributed by atoms with Crippen LogP contribution in [0.5, 0.6) is 5.75 Å². The van der Waals surface area contributed by atoms with Gasteiger partial charge in [-0.05, 0) is 43.5 Å². The van der Waals surface area contributed by atoms with Crippen molar-refractivity contribution >= 4 is 12.0 Å². The van der Waals surface area contributed by atoms with Gasteiger partial charge in [0.05, 0.1) is 24.8 Å². The summed E-state index contributed by atoms with van der Waals surface area (Å²) >= 11 is 0. The molecule has 0 radical (unpaired) electrons.